The first kappa shape index (κ1) is 17.0. The number of para-hydroxylation sites is 1. The highest BCUT2D eigenvalue weighted by Gasteiger charge is 2.19. The van der Waals surface area contributed by atoms with Gasteiger partial charge >= 0.3 is 0 Å². The number of nitrogens with zero attached hydrogens (tertiary/aromatic N) is 1. The van der Waals surface area contributed by atoms with Gasteiger partial charge in [0.15, 0.2) is 0 Å². The van der Waals surface area contributed by atoms with Crippen LogP contribution in [0.4, 0.5) is 11.4 Å². The molecule has 0 aliphatic carbocycles. The van der Waals surface area contributed by atoms with Crippen molar-refractivity contribution in [1.82, 2.24) is 0 Å². The van der Waals surface area contributed by atoms with Gasteiger partial charge in [-0.3, -0.25) is 9.10 Å². The van der Waals surface area contributed by atoms with E-state index < -0.39 is 10.0 Å². The predicted octanol–water partition coefficient (Wildman–Crippen LogP) is 2.95. The van der Waals surface area contributed by atoms with E-state index in [2.05, 4.69) is 5.32 Å². The summed E-state index contributed by atoms with van der Waals surface area (Å²) in [6, 6.07) is 12.3. The van der Waals surface area contributed by atoms with Crippen LogP contribution in [0.1, 0.15) is 21.5 Å². The first-order valence-corrected chi connectivity index (χ1v) is 8.96. The molecule has 0 saturated carbocycles. The van der Waals surface area contributed by atoms with Gasteiger partial charge in [0.05, 0.1) is 17.5 Å². The Morgan fingerprint density at radius 1 is 1.04 bits per heavy atom. The number of carbonyl (C=O) groups excluding carboxylic acids is 1. The Morgan fingerprint density at radius 3 is 2.30 bits per heavy atom. The first-order valence-electron chi connectivity index (χ1n) is 7.11. The van der Waals surface area contributed by atoms with Crippen LogP contribution in [0.15, 0.2) is 42.5 Å². The Labute approximate surface area is 137 Å². The Kier molecular flexibility index (Phi) is 4.75. The van der Waals surface area contributed by atoms with Crippen molar-refractivity contribution in [1.29, 1.82) is 0 Å². The van der Waals surface area contributed by atoms with E-state index in [1.807, 2.05) is 32.0 Å². The lowest BCUT2D eigenvalue weighted by Gasteiger charge is -2.20. The van der Waals surface area contributed by atoms with Gasteiger partial charge in [-0.2, -0.15) is 0 Å². The maximum Gasteiger partial charge on any atom is 0.257 e. The summed E-state index contributed by atoms with van der Waals surface area (Å²) in [5.41, 5.74) is 3.54. The highest BCUT2D eigenvalue weighted by molar-refractivity contribution is 7.92. The van der Waals surface area contributed by atoms with Crippen LogP contribution in [0, 0.1) is 13.8 Å². The van der Waals surface area contributed by atoms with E-state index in [9.17, 15) is 13.2 Å². The minimum Gasteiger partial charge on any atom is -0.322 e. The molecule has 0 spiro atoms. The number of sulfonamides is 1. The van der Waals surface area contributed by atoms with Gasteiger partial charge in [-0.1, -0.05) is 18.2 Å². The fourth-order valence-electron chi connectivity index (χ4n) is 2.14. The Balaban J connectivity index is 2.35. The van der Waals surface area contributed by atoms with Crippen LogP contribution < -0.4 is 9.62 Å². The first-order chi connectivity index (χ1) is 10.7. The molecule has 23 heavy (non-hydrogen) atoms. The average molecular weight is 332 g/mol. The van der Waals surface area contributed by atoms with Gasteiger partial charge in [-0.05, 0) is 49.2 Å². The van der Waals surface area contributed by atoms with E-state index in [0.29, 0.717) is 16.9 Å². The SMILES string of the molecule is Cc1ccc(NC(=O)c2ccccc2N(C)S(C)(=O)=O)cc1C. The van der Waals surface area contributed by atoms with Crippen LogP contribution in [0.25, 0.3) is 0 Å². The third kappa shape index (κ3) is 3.90. The number of aryl methyl sites for hydroxylation is 2. The van der Waals surface area contributed by atoms with Crippen molar-refractivity contribution in [3.05, 3.63) is 59.2 Å². The summed E-state index contributed by atoms with van der Waals surface area (Å²) >= 11 is 0. The predicted molar refractivity (Wildman–Crippen MR) is 93.6 cm³/mol. The van der Waals surface area contributed by atoms with E-state index in [1.54, 1.807) is 24.3 Å². The van der Waals surface area contributed by atoms with E-state index >= 15 is 0 Å². The largest absolute Gasteiger partial charge is 0.322 e. The summed E-state index contributed by atoms with van der Waals surface area (Å²) < 4.78 is 24.6. The van der Waals surface area contributed by atoms with Crippen LogP contribution in [0.3, 0.4) is 0 Å². The number of benzene rings is 2. The average Bonchev–Trinajstić information content (AvgIpc) is 2.49. The zero-order valence-electron chi connectivity index (χ0n) is 13.6. The normalized spacial score (nSPS) is 11.1. The Hall–Kier alpha value is -2.34. The van der Waals surface area contributed by atoms with Crippen molar-refractivity contribution in [3.8, 4) is 0 Å². The molecule has 0 aliphatic heterocycles. The van der Waals surface area contributed by atoms with Gasteiger partial charge in [-0.15, -0.1) is 0 Å². The molecular weight excluding hydrogens is 312 g/mol. The van der Waals surface area contributed by atoms with Crippen LogP contribution in [-0.2, 0) is 10.0 Å². The van der Waals surface area contributed by atoms with Crippen molar-refractivity contribution < 1.29 is 13.2 Å². The van der Waals surface area contributed by atoms with E-state index in [0.717, 1.165) is 21.7 Å². The molecule has 122 valence electrons. The molecule has 2 aromatic carbocycles. The summed E-state index contributed by atoms with van der Waals surface area (Å²) in [5.74, 6) is -0.348. The second kappa shape index (κ2) is 6.42. The quantitative estimate of drug-likeness (QED) is 0.936. The zero-order chi connectivity index (χ0) is 17.2. The third-order valence-electron chi connectivity index (χ3n) is 3.75. The van der Waals surface area contributed by atoms with Gasteiger partial charge in [-0.25, -0.2) is 8.42 Å². The number of anilines is 2. The van der Waals surface area contributed by atoms with Gasteiger partial charge in [0.25, 0.3) is 5.91 Å². The molecule has 0 saturated heterocycles. The molecule has 0 heterocycles. The number of carbonyl (C=O) groups is 1. The molecule has 0 bridgehead atoms. The molecule has 2 rings (SSSR count). The maximum absolute atomic E-state index is 12.5. The summed E-state index contributed by atoms with van der Waals surface area (Å²) in [4.78, 5) is 12.5. The Bertz CT molecular complexity index is 845. The molecule has 1 amide bonds. The number of amides is 1. The fraction of sp³-hybridized carbons (Fsp3) is 0.235. The van der Waals surface area contributed by atoms with E-state index in [1.165, 1.54) is 7.05 Å². The number of nitrogens with one attached hydrogen (secondary N) is 1. The third-order valence-corrected chi connectivity index (χ3v) is 4.94. The van der Waals surface area contributed by atoms with Crippen molar-refractivity contribution in [2.45, 2.75) is 13.8 Å². The summed E-state index contributed by atoms with van der Waals surface area (Å²) in [7, 11) is -2.02. The summed E-state index contributed by atoms with van der Waals surface area (Å²) in [5, 5.41) is 2.81. The smallest absolute Gasteiger partial charge is 0.257 e. The molecule has 5 nitrogen and oxygen atoms in total. The maximum atomic E-state index is 12.5. The van der Waals surface area contributed by atoms with Crippen LogP contribution >= 0.6 is 0 Å². The highest BCUT2D eigenvalue weighted by atomic mass is 32.2. The minimum absolute atomic E-state index is 0.304. The van der Waals surface area contributed by atoms with Crippen LogP contribution in [0.5, 0.6) is 0 Å². The summed E-state index contributed by atoms with van der Waals surface area (Å²) in [6.07, 6.45) is 1.10. The topological polar surface area (TPSA) is 66.5 Å². The number of rotatable bonds is 4. The lowest BCUT2D eigenvalue weighted by Crippen LogP contribution is -2.27. The van der Waals surface area contributed by atoms with Gasteiger partial charge in [0.2, 0.25) is 10.0 Å². The van der Waals surface area contributed by atoms with Gasteiger partial charge < -0.3 is 5.32 Å². The number of hydrogen-bond donors (Lipinski definition) is 1. The van der Waals surface area contributed by atoms with Crippen molar-refractivity contribution >= 4 is 27.3 Å². The second-order valence-electron chi connectivity index (χ2n) is 5.50. The molecule has 0 aromatic heterocycles. The van der Waals surface area contributed by atoms with Crippen molar-refractivity contribution in [3.63, 3.8) is 0 Å². The second-order valence-corrected chi connectivity index (χ2v) is 7.51. The monoisotopic (exact) mass is 332 g/mol. The summed E-state index contributed by atoms with van der Waals surface area (Å²) in [6.45, 7) is 3.97. The molecule has 6 heteroatoms. The van der Waals surface area contributed by atoms with Crippen molar-refractivity contribution in [2.75, 3.05) is 22.9 Å². The highest BCUT2D eigenvalue weighted by Crippen LogP contribution is 2.23. The van der Waals surface area contributed by atoms with E-state index in [4.69, 9.17) is 0 Å². The van der Waals surface area contributed by atoms with Gasteiger partial charge in [0, 0.05) is 12.7 Å². The molecule has 0 atom stereocenters. The lowest BCUT2D eigenvalue weighted by atomic mass is 10.1. The van der Waals surface area contributed by atoms with Crippen molar-refractivity contribution in [2.24, 2.45) is 0 Å². The van der Waals surface area contributed by atoms with Crippen LogP contribution in [0.2, 0.25) is 0 Å². The lowest BCUT2D eigenvalue weighted by molar-refractivity contribution is 0.102. The molecule has 2 aromatic rings. The Morgan fingerprint density at radius 2 is 1.70 bits per heavy atom. The fourth-order valence-corrected chi connectivity index (χ4v) is 2.65. The van der Waals surface area contributed by atoms with Crippen LogP contribution in [-0.4, -0.2) is 27.6 Å². The number of hydrogen-bond acceptors (Lipinski definition) is 3. The standard InChI is InChI=1S/C17H20N2O3S/c1-12-9-10-14(11-13(12)2)18-17(20)15-7-5-6-8-16(15)19(3)23(4,21)22/h5-11H,1-4H3,(H,18,20). The zero-order valence-corrected chi connectivity index (χ0v) is 14.4. The van der Waals surface area contributed by atoms with E-state index in [-0.39, 0.29) is 5.91 Å². The molecular formula is C17H20N2O3S. The minimum atomic E-state index is -3.44. The molecule has 1 N–H and O–H groups in total. The molecule has 0 fully saturated rings. The molecule has 0 radical (unpaired) electrons. The molecule has 0 unspecified atom stereocenters. The van der Waals surface area contributed by atoms with Gasteiger partial charge in [0.1, 0.15) is 0 Å². The molecule has 0 aliphatic rings.